The first-order chi connectivity index (χ1) is 18.2. The Bertz CT molecular complexity index is 2060. The first kappa shape index (κ1) is 20.8. The van der Waals surface area contributed by atoms with Crippen LogP contribution in [0.1, 0.15) is 0 Å². The third kappa shape index (κ3) is 2.74. The number of aromatic nitrogens is 1. The SMILES string of the molecule is O=P1(c2ccccc2)c2ccccc2-c2cc3c(cc21)c1ccccc1n3-c1cccc2ccccc12. The van der Waals surface area contributed by atoms with Crippen molar-refractivity contribution in [2.75, 3.05) is 0 Å². The van der Waals surface area contributed by atoms with Crippen molar-refractivity contribution in [1.82, 2.24) is 4.57 Å². The highest BCUT2D eigenvalue weighted by atomic mass is 31.2. The molecule has 1 aliphatic heterocycles. The third-order valence-corrected chi connectivity index (χ3v) is 10.9. The Morgan fingerprint density at radius 2 is 1.19 bits per heavy atom. The summed E-state index contributed by atoms with van der Waals surface area (Å²) in [4.78, 5) is 0. The monoisotopic (exact) mass is 491 g/mol. The molecule has 3 heteroatoms. The van der Waals surface area contributed by atoms with E-state index in [1.54, 1.807) is 0 Å². The summed E-state index contributed by atoms with van der Waals surface area (Å²) in [7, 11) is -3.00. The number of benzene rings is 6. The maximum absolute atomic E-state index is 15.1. The van der Waals surface area contributed by atoms with Gasteiger partial charge >= 0.3 is 0 Å². The van der Waals surface area contributed by atoms with Crippen molar-refractivity contribution in [3.8, 4) is 16.8 Å². The van der Waals surface area contributed by atoms with E-state index in [2.05, 4.69) is 89.5 Å². The Labute approximate surface area is 214 Å². The predicted molar refractivity (Wildman–Crippen MR) is 157 cm³/mol. The maximum Gasteiger partial charge on any atom is 0.172 e. The summed E-state index contributed by atoms with van der Waals surface area (Å²) < 4.78 is 17.5. The number of hydrogen-bond donors (Lipinski definition) is 0. The van der Waals surface area contributed by atoms with E-state index >= 15 is 4.57 Å². The van der Waals surface area contributed by atoms with Gasteiger partial charge in [-0.1, -0.05) is 109 Å². The molecule has 37 heavy (non-hydrogen) atoms. The molecule has 0 saturated heterocycles. The standard InChI is InChI=1S/C34H22NOP/c36-37(24-13-2-1-3-14-24)33-20-9-7-17-27(33)29-21-32-28(22-34(29)37)26-16-6-8-18-31(26)35(32)30-19-10-12-23-11-4-5-15-25(23)30/h1-22H. The molecule has 1 unspecified atom stereocenters. The number of nitrogens with zero attached hydrogens (tertiary/aromatic N) is 1. The van der Waals surface area contributed by atoms with Crippen LogP contribution in [-0.2, 0) is 4.57 Å². The maximum atomic E-state index is 15.1. The molecule has 0 aliphatic carbocycles. The zero-order chi connectivity index (χ0) is 24.6. The van der Waals surface area contributed by atoms with Crippen LogP contribution in [0.5, 0.6) is 0 Å². The average Bonchev–Trinajstić information content (AvgIpc) is 3.42. The first-order valence-electron chi connectivity index (χ1n) is 12.6. The zero-order valence-corrected chi connectivity index (χ0v) is 20.9. The first-order valence-corrected chi connectivity index (χ1v) is 14.3. The molecule has 2 heterocycles. The van der Waals surface area contributed by atoms with Gasteiger partial charge in [0.25, 0.3) is 0 Å². The highest BCUT2D eigenvalue weighted by Crippen LogP contribution is 2.53. The van der Waals surface area contributed by atoms with Gasteiger partial charge in [0.2, 0.25) is 0 Å². The van der Waals surface area contributed by atoms with Crippen molar-refractivity contribution in [3.63, 3.8) is 0 Å². The molecule has 7 aromatic rings. The topological polar surface area (TPSA) is 22.0 Å². The minimum atomic E-state index is -3.00. The van der Waals surface area contributed by atoms with E-state index in [4.69, 9.17) is 0 Å². The Balaban J connectivity index is 1.54. The summed E-state index contributed by atoms with van der Waals surface area (Å²) in [5.74, 6) is 0. The summed E-state index contributed by atoms with van der Waals surface area (Å²) >= 11 is 0. The Morgan fingerprint density at radius 1 is 0.486 bits per heavy atom. The molecule has 0 fully saturated rings. The zero-order valence-electron chi connectivity index (χ0n) is 20.0. The lowest BCUT2D eigenvalue weighted by molar-refractivity contribution is 0.593. The van der Waals surface area contributed by atoms with Gasteiger partial charge in [-0.15, -0.1) is 0 Å². The lowest BCUT2D eigenvalue weighted by atomic mass is 10.0. The van der Waals surface area contributed by atoms with Crippen LogP contribution in [0.4, 0.5) is 0 Å². The van der Waals surface area contributed by atoms with E-state index in [1.807, 2.05) is 48.5 Å². The molecule has 2 nitrogen and oxygen atoms in total. The minimum absolute atomic E-state index is 0.887. The fourth-order valence-corrected chi connectivity index (χ4v) is 9.24. The van der Waals surface area contributed by atoms with Crippen molar-refractivity contribution < 1.29 is 4.57 Å². The van der Waals surface area contributed by atoms with E-state index in [9.17, 15) is 0 Å². The number of rotatable bonds is 2. The molecule has 0 N–H and O–H groups in total. The second-order valence-electron chi connectivity index (χ2n) is 9.70. The van der Waals surface area contributed by atoms with Crippen molar-refractivity contribution >= 4 is 55.6 Å². The molecule has 0 radical (unpaired) electrons. The van der Waals surface area contributed by atoms with Crippen molar-refractivity contribution in [2.45, 2.75) is 0 Å². The molecule has 0 spiro atoms. The summed E-state index contributed by atoms with van der Waals surface area (Å²) in [5.41, 5.74) is 5.58. The molecule has 0 saturated carbocycles. The van der Waals surface area contributed by atoms with Gasteiger partial charge in [-0.3, -0.25) is 0 Å². The molecule has 1 aliphatic rings. The fraction of sp³-hybridized carbons (Fsp3) is 0. The van der Waals surface area contributed by atoms with E-state index < -0.39 is 7.14 Å². The van der Waals surface area contributed by atoms with Crippen LogP contribution in [0.15, 0.2) is 133 Å². The molecule has 1 atom stereocenters. The van der Waals surface area contributed by atoms with Gasteiger partial charge < -0.3 is 9.13 Å². The van der Waals surface area contributed by atoms with Crippen LogP contribution in [0.2, 0.25) is 0 Å². The molecule has 0 bridgehead atoms. The van der Waals surface area contributed by atoms with E-state index in [0.717, 1.165) is 49.1 Å². The largest absolute Gasteiger partial charge is 0.309 e. The van der Waals surface area contributed by atoms with E-state index in [0.29, 0.717) is 0 Å². The fourth-order valence-electron chi connectivity index (χ4n) is 6.16. The van der Waals surface area contributed by atoms with Crippen molar-refractivity contribution in [3.05, 3.63) is 133 Å². The highest BCUT2D eigenvalue weighted by molar-refractivity contribution is 7.86. The molecular formula is C34H22NOP. The normalized spacial score (nSPS) is 16.3. The van der Waals surface area contributed by atoms with Gasteiger partial charge in [0, 0.05) is 32.1 Å². The Kier molecular flexibility index (Phi) is 4.24. The van der Waals surface area contributed by atoms with Gasteiger partial charge in [-0.25, -0.2) is 0 Å². The lowest BCUT2D eigenvalue weighted by Gasteiger charge is -2.16. The summed E-state index contributed by atoms with van der Waals surface area (Å²) in [6.45, 7) is 0. The van der Waals surface area contributed by atoms with Crippen LogP contribution in [0.3, 0.4) is 0 Å². The lowest BCUT2D eigenvalue weighted by Crippen LogP contribution is -2.20. The minimum Gasteiger partial charge on any atom is -0.309 e. The van der Waals surface area contributed by atoms with Gasteiger partial charge in [0.1, 0.15) is 0 Å². The van der Waals surface area contributed by atoms with E-state index in [1.165, 1.54) is 16.2 Å². The molecule has 0 amide bonds. The van der Waals surface area contributed by atoms with Crippen molar-refractivity contribution in [1.29, 1.82) is 0 Å². The third-order valence-electron chi connectivity index (χ3n) is 7.79. The van der Waals surface area contributed by atoms with Crippen LogP contribution >= 0.6 is 7.14 Å². The number of fused-ring (bicyclic) bond motifs is 7. The van der Waals surface area contributed by atoms with Gasteiger partial charge in [-0.05, 0) is 40.8 Å². The smallest absolute Gasteiger partial charge is 0.172 e. The summed E-state index contributed by atoms with van der Waals surface area (Å²) in [5, 5.41) is 7.49. The second kappa shape index (κ2) is 7.56. The number of hydrogen-bond acceptors (Lipinski definition) is 1. The second-order valence-corrected chi connectivity index (χ2v) is 12.4. The summed E-state index contributed by atoms with van der Waals surface area (Å²) in [6.07, 6.45) is 0. The predicted octanol–water partition coefficient (Wildman–Crippen LogP) is 7.56. The molecule has 6 aromatic carbocycles. The average molecular weight is 492 g/mol. The molecule has 174 valence electrons. The van der Waals surface area contributed by atoms with Crippen LogP contribution < -0.4 is 15.9 Å². The van der Waals surface area contributed by atoms with Crippen LogP contribution in [-0.4, -0.2) is 4.57 Å². The Morgan fingerprint density at radius 3 is 2.08 bits per heavy atom. The Hall–Kier alpha value is -4.39. The molecule has 1 aromatic heterocycles. The van der Waals surface area contributed by atoms with Gasteiger partial charge in [0.15, 0.2) is 7.14 Å². The molecular weight excluding hydrogens is 469 g/mol. The highest BCUT2D eigenvalue weighted by Gasteiger charge is 2.40. The van der Waals surface area contributed by atoms with Crippen LogP contribution in [0, 0.1) is 0 Å². The van der Waals surface area contributed by atoms with Gasteiger partial charge in [-0.2, -0.15) is 0 Å². The quantitative estimate of drug-likeness (QED) is 0.229. The summed E-state index contributed by atoms with van der Waals surface area (Å²) in [6, 6.07) is 46.3. The van der Waals surface area contributed by atoms with Crippen LogP contribution in [0.25, 0.3) is 49.4 Å². The molecule has 8 rings (SSSR count). The number of para-hydroxylation sites is 1. The van der Waals surface area contributed by atoms with Crippen molar-refractivity contribution in [2.24, 2.45) is 0 Å². The van der Waals surface area contributed by atoms with Gasteiger partial charge in [0.05, 0.1) is 16.7 Å². The van der Waals surface area contributed by atoms with E-state index in [-0.39, 0.29) is 0 Å².